The molecule has 0 spiro atoms. The smallest absolute Gasteiger partial charge is 0.107 e. The molecule has 0 atom stereocenters. The standard InChI is InChI=1S/C10H18N2O2S/c1-9-8-15-10(12-9)7-11-3-2-5-14-6-4-13/h8,11,13H,2-7H2,1H3. The average molecular weight is 230 g/mol. The second-order valence-corrected chi connectivity index (χ2v) is 4.19. The van der Waals surface area contributed by atoms with Gasteiger partial charge in [-0.25, -0.2) is 4.98 Å². The first kappa shape index (κ1) is 12.6. The average Bonchev–Trinajstić information content (AvgIpc) is 2.63. The molecule has 0 radical (unpaired) electrons. The molecule has 5 heteroatoms. The monoisotopic (exact) mass is 230 g/mol. The number of hydrogen-bond donors (Lipinski definition) is 2. The van der Waals surface area contributed by atoms with Crippen LogP contribution in [0.3, 0.4) is 0 Å². The lowest BCUT2D eigenvalue weighted by Gasteiger charge is -2.03. The van der Waals surface area contributed by atoms with Crippen LogP contribution in [-0.2, 0) is 11.3 Å². The highest BCUT2D eigenvalue weighted by Crippen LogP contribution is 2.07. The van der Waals surface area contributed by atoms with Crippen LogP contribution in [0.15, 0.2) is 5.38 Å². The SMILES string of the molecule is Cc1csc(CNCCCOCCO)n1. The first-order chi connectivity index (χ1) is 7.33. The highest BCUT2D eigenvalue weighted by atomic mass is 32.1. The minimum atomic E-state index is 0.103. The van der Waals surface area contributed by atoms with Gasteiger partial charge < -0.3 is 15.2 Å². The van der Waals surface area contributed by atoms with Gasteiger partial charge in [0.05, 0.1) is 13.2 Å². The summed E-state index contributed by atoms with van der Waals surface area (Å²) in [4.78, 5) is 4.35. The van der Waals surface area contributed by atoms with Gasteiger partial charge in [0.1, 0.15) is 5.01 Å². The molecule has 0 aliphatic carbocycles. The zero-order valence-corrected chi connectivity index (χ0v) is 9.85. The normalized spacial score (nSPS) is 10.8. The summed E-state index contributed by atoms with van der Waals surface area (Å²) in [5, 5.41) is 15.0. The van der Waals surface area contributed by atoms with Crippen LogP contribution in [0.25, 0.3) is 0 Å². The molecule has 2 N–H and O–H groups in total. The van der Waals surface area contributed by atoms with Crippen LogP contribution in [-0.4, -0.2) is 36.5 Å². The van der Waals surface area contributed by atoms with Gasteiger partial charge in [-0.1, -0.05) is 0 Å². The Bertz CT molecular complexity index is 266. The molecule has 1 rings (SSSR count). The summed E-state index contributed by atoms with van der Waals surface area (Å²) in [5.41, 5.74) is 1.09. The number of nitrogens with zero attached hydrogens (tertiary/aromatic N) is 1. The molecular weight excluding hydrogens is 212 g/mol. The van der Waals surface area contributed by atoms with E-state index in [1.807, 2.05) is 6.92 Å². The van der Waals surface area contributed by atoms with Crippen LogP contribution < -0.4 is 5.32 Å². The third-order valence-corrected chi connectivity index (χ3v) is 2.79. The molecule has 0 unspecified atom stereocenters. The summed E-state index contributed by atoms with van der Waals surface area (Å²) < 4.78 is 5.14. The van der Waals surface area contributed by atoms with Crippen LogP contribution in [0.1, 0.15) is 17.1 Å². The van der Waals surface area contributed by atoms with Crippen molar-refractivity contribution >= 4 is 11.3 Å². The van der Waals surface area contributed by atoms with E-state index < -0.39 is 0 Å². The van der Waals surface area contributed by atoms with Gasteiger partial charge in [-0.05, 0) is 19.9 Å². The summed E-state index contributed by atoms with van der Waals surface area (Å²) in [5.74, 6) is 0. The number of aliphatic hydroxyl groups is 1. The molecule has 0 amide bonds. The Morgan fingerprint density at radius 2 is 2.40 bits per heavy atom. The molecule has 1 aromatic rings. The Labute approximate surface area is 94.3 Å². The number of hydrogen-bond acceptors (Lipinski definition) is 5. The van der Waals surface area contributed by atoms with E-state index in [9.17, 15) is 0 Å². The molecule has 1 heterocycles. The Balaban J connectivity index is 1.93. The van der Waals surface area contributed by atoms with Gasteiger partial charge in [-0.3, -0.25) is 0 Å². The topological polar surface area (TPSA) is 54.4 Å². The van der Waals surface area contributed by atoms with Crippen LogP contribution in [0.5, 0.6) is 0 Å². The Kier molecular flexibility index (Phi) is 6.50. The second kappa shape index (κ2) is 7.76. The molecule has 86 valence electrons. The lowest BCUT2D eigenvalue weighted by molar-refractivity contribution is 0.0907. The number of aromatic nitrogens is 1. The maximum atomic E-state index is 8.47. The van der Waals surface area contributed by atoms with Crippen LogP contribution >= 0.6 is 11.3 Å². The zero-order valence-electron chi connectivity index (χ0n) is 9.03. The van der Waals surface area contributed by atoms with Crippen molar-refractivity contribution in [2.45, 2.75) is 19.9 Å². The van der Waals surface area contributed by atoms with Gasteiger partial charge in [0.2, 0.25) is 0 Å². The number of nitrogens with one attached hydrogen (secondary N) is 1. The highest BCUT2D eigenvalue weighted by molar-refractivity contribution is 7.09. The van der Waals surface area contributed by atoms with Crippen molar-refractivity contribution in [3.8, 4) is 0 Å². The summed E-state index contributed by atoms with van der Waals surface area (Å²) in [6, 6.07) is 0. The Morgan fingerprint density at radius 1 is 1.53 bits per heavy atom. The summed E-state index contributed by atoms with van der Waals surface area (Å²) in [7, 11) is 0. The fourth-order valence-corrected chi connectivity index (χ4v) is 1.89. The molecule has 1 aromatic heterocycles. The minimum absolute atomic E-state index is 0.103. The molecule has 15 heavy (non-hydrogen) atoms. The second-order valence-electron chi connectivity index (χ2n) is 3.25. The predicted molar refractivity (Wildman–Crippen MR) is 61.1 cm³/mol. The van der Waals surface area contributed by atoms with E-state index in [1.165, 1.54) is 0 Å². The van der Waals surface area contributed by atoms with Gasteiger partial charge in [0, 0.05) is 24.2 Å². The number of aliphatic hydroxyl groups excluding tert-OH is 1. The maximum absolute atomic E-state index is 8.47. The van der Waals surface area contributed by atoms with Crippen molar-refractivity contribution in [3.63, 3.8) is 0 Å². The van der Waals surface area contributed by atoms with Crippen molar-refractivity contribution in [3.05, 3.63) is 16.1 Å². The lowest BCUT2D eigenvalue weighted by atomic mass is 10.4. The fourth-order valence-electron chi connectivity index (χ4n) is 1.15. The van der Waals surface area contributed by atoms with E-state index in [0.717, 1.165) is 30.2 Å². The van der Waals surface area contributed by atoms with E-state index in [4.69, 9.17) is 9.84 Å². The molecular formula is C10H18N2O2S. The third kappa shape index (κ3) is 5.84. The van der Waals surface area contributed by atoms with Gasteiger partial charge in [0.25, 0.3) is 0 Å². The first-order valence-electron chi connectivity index (χ1n) is 5.13. The van der Waals surface area contributed by atoms with Crippen molar-refractivity contribution < 1.29 is 9.84 Å². The Hall–Kier alpha value is -0.490. The zero-order chi connectivity index (χ0) is 10.9. The van der Waals surface area contributed by atoms with Crippen LogP contribution in [0.2, 0.25) is 0 Å². The fraction of sp³-hybridized carbons (Fsp3) is 0.700. The van der Waals surface area contributed by atoms with Crippen LogP contribution in [0.4, 0.5) is 0 Å². The largest absolute Gasteiger partial charge is 0.394 e. The molecule has 0 saturated carbocycles. The van der Waals surface area contributed by atoms with E-state index in [2.05, 4.69) is 15.7 Å². The third-order valence-electron chi connectivity index (χ3n) is 1.82. The van der Waals surface area contributed by atoms with Crippen molar-refractivity contribution in [1.82, 2.24) is 10.3 Å². The predicted octanol–water partition coefficient (Wildman–Crippen LogP) is 0.940. The van der Waals surface area contributed by atoms with Gasteiger partial charge in [0.15, 0.2) is 0 Å². The molecule has 0 aliphatic rings. The highest BCUT2D eigenvalue weighted by Gasteiger charge is 1.97. The minimum Gasteiger partial charge on any atom is -0.394 e. The van der Waals surface area contributed by atoms with E-state index in [1.54, 1.807) is 11.3 Å². The van der Waals surface area contributed by atoms with Crippen molar-refractivity contribution in [2.24, 2.45) is 0 Å². The molecule has 4 nitrogen and oxygen atoms in total. The molecule has 0 aromatic carbocycles. The van der Waals surface area contributed by atoms with Crippen LogP contribution in [0, 0.1) is 6.92 Å². The number of aryl methyl sites for hydroxylation is 1. The first-order valence-corrected chi connectivity index (χ1v) is 6.01. The summed E-state index contributed by atoms with van der Waals surface area (Å²) >= 11 is 1.68. The van der Waals surface area contributed by atoms with E-state index in [0.29, 0.717) is 13.2 Å². The van der Waals surface area contributed by atoms with Crippen molar-refractivity contribution in [1.29, 1.82) is 0 Å². The quantitative estimate of drug-likeness (QED) is 0.653. The van der Waals surface area contributed by atoms with E-state index >= 15 is 0 Å². The summed E-state index contributed by atoms with van der Waals surface area (Å²) in [6.45, 7) is 4.99. The van der Waals surface area contributed by atoms with Gasteiger partial charge in [-0.15, -0.1) is 11.3 Å². The number of thiazole rings is 1. The van der Waals surface area contributed by atoms with E-state index in [-0.39, 0.29) is 6.61 Å². The van der Waals surface area contributed by atoms with Gasteiger partial charge >= 0.3 is 0 Å². The summed E-state index contributed by atoms with van der Waals surface area (Å²) in [6.07, 6.45) is 0.963. The number of rotatable bonds is 8. The Morgan fingerprint density at radius 3 is 3.07 bits per heavy atom. The lowest BCUT2D eigenvalue weighted by Crippen LogP contribution is -2.16. The molecule has 0 saturated heterocycles. The molecule has 0 fully saturated rings. The number of ether oxygens (including phenoxy) is 1. The maximum Gasteiger partial charge on any atom is 0.107 e. The molecule has 0 aliphatic heterocycles. The van der Waals surface area contributed by atoms with Gasteiger partial charge in [-0.2, -0.15) is 0 Å². The molecule has 0 bridgehead atoms. The van der Waals surface area contributed by atoms with Crippen molar-refractivity contribution in [2.75, 3.05) is 26.4 Å².